The van der Waals surface area contributed by atoms with Gasteiger partial charge >= 0.3 is 5.97 Å². The predicted octanol–water partition coefficient (Wildman–Crippen LogP) is -0.645. The Kier molecular flexibility index (Phi) is 3.75. The molecule has 15 heavy (non-hydrogen) atoms. The SMILES string of the molecule is NC(=O)CNCc1ccc(C(=O)O)cn1. The van der Waals surface area contributed by atoms with Crippen molar-refractivity contribution in [1.82, 2.24) is 10.3 Å². The van der Waals surface area contributed by atoms with E-state index in [9.17, 15) is 9.59 Å². The molecule has 1 aromatic heterocycles. The Bertz CT molecular complexity index is 361. The largest absolute Gasteiger partial charge is 0.478 e. The van der Waals surface area contributed by atoms with Gasteiger partial charge in [0.1, 0.15) is 0 Å². The smallest absolute Gasteiger partial charge is 0.337 e. The number of pyridine rings is 1. The second-order valence-electron chi connectivity index (χ2n) is 2.91. The summed E-state index contributed by atoms with van der Waals surface area (Å²) >= 11 is 0. The molecular weight excluding hydrogens is 198 g/mol. The molecule has 0 saturated heterocycles. The van der Waals surface area contributed by atoms with Gasteiger partial charge in [-0.3, -0.25) is 9.78 Å². The summed E-state index contributed by atoms with van der Waals surface area (Å²) in [7, 11) is 0. The highest BCUT2D eigenvalue weighted by molar-refractivity contribution is 5.87. The lowest BCUT2D eigenvalue weighted by molar-refractivity contribution is -0.117. The van der Waals surface area contributed by atoms with Gasteiger partial charge in [0.2, 0.25) is 5.91 Å². The van der Waals surface area contributed by atoms with E-state index < -0.39 is 11.9 Å². The van der Waals surface area contributed by atoms with Crippen LogP contribution in [0.25, 0.3) is 0 Å². The standard InChI is InChI=1S/C9H11N3O3/c10-8(13)5-11-4-7-2-1-6(3-12-7)9(14)15/h1-3,11H,4-5H2,(H2,10,13)(H,14,15). The van der Waals surface area contributed by atoms with Crippen LogP contribution >= 0.6 is 0 Å². The molecule has 0 spiro atoms. The van der Waals surface area contributed by atoms with Gasteiger partial charge in [-0.05, 0) is 12.1 Å². The fraction of sp³-hybridized carbons (Fsp3) is 0.222. The second kappa shape index (κ2) is 5.06. The predicted molar refractivity (Wildman–Crippen MR) is 52.1 cm³/mol. The number of hydrogen-bond acceptors (Lipinski definition) is 4. The zero-order valence-corrected chi connectivity index (χ0v) is 7.93. The number of nitrogens with zero attached hydrogens (tertiary/aromatic N) is 1. The first-order valence-electron chi connectivity index (χ1n) is 4.27. The van der Waals surface area contributed by atoms with E-state index in [0.29, 0.717) is 12.2 Å². The molecule has 0 bridgehead atoms. The Balaban J connectivity index is 2.50. The number of primary amides is 1. The molecule has 0 radical (unpaired) electrons. The van der Waals surface area contributed by atoms with E-state index in [0.717, 1.165) is 0 Å². The number of hydrogen-bond donors (Lipinski definition) is 3. The summed E-state index contributed by atoms with van der Waals surface area (Å²) in [5.74, 6) is -1.46. The van der Waals surface area contributed by atoms with Gasteiger partial charge in [-0.15, -0.1) is 0 Å². The highest BCUT2D eigenvalue weighted by atomic mass is 16.4. The number of carbonyl (C=O) groups is 2. The van der Waals surface area contributed by atoms with Crippen LogP contribution < -0.4 is 11.1 Å². The maximum absolute atomic E-state index is 10.5. The minimum Gasteiger partial charge on any atom is -0.478 e. The minimum absolute atomic E-state index is 0.0718. The molecule has 1 rings (SSSR count). The lowest BCUT2D eigenvalue weighted by Crippen LogP contribution is -2.28. The first kappa shape index (κ1) is 11.1. The number of aromatic carboxylic acids is 1. The summed E-state index contributed by atoms with van der Waals surface area (Å²) in [6, 6.07) is 3.04. The van der Waals surface area contributed by atoms with E-state index in [1.807, 2.05) is 0 Å². The molecule has 0 aliphatic heterocycles. The van der Waals surface area contributed by atoms with Crippen LogP contribution in [0.3, 0.4) is 0 Å². The Labute approximate surface area is 86.1 Å². The molecule has 1 aromatic rings. The summed E-state index contributed by atoms with van der Waals surface area (Å²) in [5.41, 5.74) is 5.71. The number of amides is 1. The molecule has 6 heteroatoms. The Hall–Kier alpha value is -1.95. The third-order valence-corrected chi connectivity index (χ3v) is 1.68. The van der Waals surface area contributed by atoms with E-state index in [2.05, 4.69) is 10.3 Å². The molecule has 1 heterocycles. The van der Waals surface area contributed by atoms with Crippen LogP contribution in [0, 0.1) is 0 Å². The van der Waals surface area contributed by atoms with E-state index in [4.69, 9.17) is 10.8 Å². The summed E-state index contributed by atoms with van der Waals surface area (Å²) in [5, 5.41) is 11.4. The highest BCUT2D eigenvalue weighted by Gasteiger charge is 2.02. The van der Waals surface area contributed by atoms with Crippen LogP contribution in [0.1, 0.15) is 16.1 Å². The molecule has 0 aliphatic rings. The lowest BCUT2D eigenvalue weighted by atomic mass is 10.2. The average molecular weight is 209 g/mol. The van der Waals surface area contributed by atoms with Crippen LogP contribution in [0.5, 0.6) is 0 Å². The first-order valence-corrected chi connectivity index (χ1v) is 4.27. The van der Waals surface area contributed by atoms with Crippen LogP contribution in [0.2, 0.25) is 0 Å². The molecule has 6 nitrogen and oxygen atoms in total. The molecular formula is C9H11N3O3. The van der Waals surface area contributed by atoms with Crippen molar-refractivity contribution >= 4 is 11.9 Å². The number of carboxylic acid groups (broad SMARTS) is 1. The van der Waals surface area contributed by atoms with Crippen molar-refractivity contribution in [3.8, 4) is 0 Å². The number of rotatable bonds is 5. The van der Waals surface area contributed by atoms with E-state index in [-0.39, 0.29) is 12.1 Å². The van der Waals surface area contributed by atoms with E-state index in [1.165, 1.54) is 12.3 Å². The van der Waals surface area contributed by atoms with Gasteiger partial charge < -0.3 is 16.2 Å². The van der Waals surface area contributed by atoms with Crippen molar-refractivity contribution in [3.63, 3.8) is 0 Å². The fourth-order valence-electron chi connectivity index (χ4n) is 0.969. The van der Waals surface area contributed by atoms with Gasteiger partial charge in [-0.25, -0.2) is 4.79 Å². The fourth-order valence-corrected chi connectivity index (χ4v) is 0.969. The quantitative estimate of drug-likeness (QED) is 0.597. The maximum Gasteiger partial charge on any atom is 0.337 e. The molecule has 0 fully saturated rings. The van der Waals surface area contributed by atoms with Gasteiger partial charge in [0.05, 0.1) is 17.8 Å². The molecule has 0 aliphatic carbocycles. The second-order valence-corrected chi connectivity index (χ2v) is 2.91. The molecule has 0 atom stereocenters. The van der Waals surface area contributed by atoms with Crippen molar-refractivity contribution in [3.05, 3.63) is 29.6 Å². The summed E-state index contributed by atoms with van der Waals surface area (Å²) in [6.45, 7) is 0.450. The number of nitrogens with one attached hydrogen (secondary N) is 1. The van der Waals surface area contributed by atoms with Crippen LogP contribution in [-0.4, -0.2) is 28.5 Å². The maximum atomic E-state index is 10.5. The van der Waals surface area contributed by atoms with Crippen LogP contribution in [0.15, 0.2) is 18.3 Å². The van der Waals surface area contributed by atoms with Crippen molar-refractivity contribution in [2.24, 2.45) is 5.73 Å². The van der Waals surface area contributed by atoms with Gasteiger partial charge in [0, 0.05) is 12.7 Å². The number of nitrogens with two attached hydrogens (primary N) is 1. The van der Waals surface area contributed by atoms with Crippen molar-refractivity contribution in [2.45, 2.75) is 6.54 Å². The summed E-state index contributed by atoms with van der Waals surface area (Å²) < 4.78 is 0. The molecule has 1 amide bonds. The number of aromatic nitrogens is 1. The molecule has 80 valence electrons. The zero-order valence-electron chi connectivity index (χ0n) is 7.93. The molecule has 0 aromatic carbocycles. The Morgan fingerprint density at radius 2 is 2.20 bits per heavy atom. The third-order valence-electron chi connectivity index (χ3n) is 1.68. The van der Waals surface area contributed by atoms with E-state index >= 15 is 0 Å². The van der Waals surface area contributed by atoms with Crippen molar-refractivity contribution in [2.75, 3.05) is 6.54 Å². The van der Waals surface area contributed by atoms with Gasteiger partial charge in [0.15, 0.2) is 0 Å². The minimum atomic E-state index is -1.01. The Morgan fingerprint density at radius 1 is 1.47 bits per heavy atom. The monoisotopic (exact) mass is 209 g/mol. The highest BCUT2D eigenvalue weighted by Crippen LogP contribution is 1.99. The molecule has 4 N–H and O–H groups in total. The van der Waals surface area contributed by atoms with E-state index in [1.54, 1.807) is 6.07 Å². The third kappa shape index (κ3) is 3.74. The lowest BCUT2D eigenvalue weighted by Gasteiger charge is -2.01. The van der Waals surface area contributed by atoms with Crippen molar-refractivity contribution in [1.29, 1.82) is 0 Å². The first-order chi connectivity index (χ1) is 7.09. The van der Waals surface area contributed by atoms with Crippen molar-refractivity contribution < 1.29 is 14.7 Å². The summed E-state index contributed by atoms with van der Waals surface area (Å²) in [6.07, 6.45) is 1.27. The zero-order chi connectivity index (χ0) is 11.3. The summed E-state index contributed by atoms with van der Waals surface area (Å²) in [4.78, 5) is 24.8. The Morgan fingerprint density at radius 3 is 2.67 bits per heavy atom. The molecule has 0 saturated carbocycles. The van der Waals surface area contributed by atoms with Crippen LogP contribution in [-0.2, 0) is 11.3 Å². The number of carbonyl (C=O) groups excluding carboxylic acids is 1. The average Bonchev–Trinajstić information content (AvgIpc) is 2.18. The topological polar surface area (TPSA) is 105 Å². The number of carboxylic acids is 1. The van der Waals surface area contributed by atoms with Crippen LogP contribution in [0.4, 0.5) is 0 Å². The molecule has 0 unspecified atom stereocenters. The van der Waals surface area contributed by atoms with Gasteiger partial charge in [-0.1, -0.05) is 0 Å². The van der Waals surface area contributed by atoms with Gasteiger partial charge in [0.25, 0.3) is 0 Å². The normalized spacial score (nSPS) is 9.87. The van der Waals surface area contributed by atoms with Gasteiger partial charge in [-0.2, -0.15) is 0 Å².